The summed E-state index contributed by atoms with van der Waals surface area (Å²) >= 11 is 0. The molecule has 0 bridgehead atoms. The predicted molar refractivity (Wildman–Crippen MR) is 36.3 cm³/mol. The Morgan fingerprint density at radius 3 is 1.85 bits per heavy atom. The lowest BCUT2D eigenvalue weighted by Gasteiger charge is -2.30. The molecule has 0 aromatic carbocycles. The molecule has 0 saturated carbocycles. The Morgan fingerprint density at radius 1 is 1.00 bits per heavy atom. The van der Waals surface area contributed by atoms with Crippen molar-refractivity contribution in [3.05, 3.63) is 12.0 Å². The highest BCUT2D eigenvalue weighted by Gasteiger charge is 2.30. The van der Waals surface area contributed by atoms with Gasteiger partial charge in [0.25, 0.3) is 5.95 Å². The van der Waals surface area contributed by atoms with Gasteiger partial charge in [-0.15, -0.1) is 0 Å². The van der Waals surface area contributed by atoms with Gasteiger partial charge in [0.05, 0.1) is 13.1 Å². The van der Waals surface area contributed by atoms with Gasteiger partial charge in [-0.2, -0.15) is 13.2 Å². The Bertz CT molecular complexity index is 203. The van der Waals surface area contributed by atoms with Crippen molar-refractivity contribution in [2.45, 2.75) is 18.8 Å². The maximum absolute atomic E-state index is 12.6. The second-order valence-electron chi connectivity index (χ2n) is 2.89. The van der Waals surface area contributed by atoms with Crippen LogP contribution >= 0.6 is 0 Å². The SMILES string of the molecule is FC(F)=C(F)N1CC(F)CC(F)C1. The Kier molecular flexibility index (Phi) is 3.11. The minimum atomic E-state index is -2.54. The average molecular weight is 201 g/mol. The topological polar surface area (TPSA) is 3.24 Å². The lowest BCUT2D eigenvalue weighted by molar-refractivity contribution is 0.0725. The molecule has 2 unspecified atom stereocenters. The molecule has 1 aliphatic heterocycles. The van der Waals surface area contributed by atoms with E-state index < -0.39 is 37.5 Å². The van der Waals surface area contributed by atoms with Crippen molar-refractivity contribution >= 4 is 0 Å². The third-order valence-corrected chi connectivity index (χ3v) is 1.78. The molecule has 0 amide bonds. The minimum Gasteiger partial charge on any atom is -0.338 e. The van der Waals surface area contributed by atoms with Crippen LogP contribution in [-0.2, 0) is 0 Å². The lowest BCUT2D eigenvalue weighted by Crippen LogP contribution is -2.41. The summed E-state index contributed by atoms with van der Waals surface area (Å²) in [7, 11) is 0. The second kappa shape index (κ2) is 3.93. The van der Waals surface area contributed by atoms with Gasteiger partial charge < -0.3 is 4.90 Å². The molecule has 0 aliphatic carbocycles. The first-order chi connectivity index (χ1) is 6.00. The number of hydrogen-bond donors (Lipinski definition) is 0. The first kappa shape index (κ1) is 10.3. The highest BCUT2D eigenvalue weighted by Crippen LogP contribution is 2.23. The van der Waals surface area contributed by atoms with Crippen LogP contribution in [-0.4, -0.2) is 30.3 Å². The molecular weight excluding hydrogens is 193 g/mol. The van der Waals surface area contributed by atoms with Crippen LogP contribution in [0.3, 0.4) is 0 Å². The third-order valence-electron chi connectivity index (χ3n) is 1.78. The molecule has 0 N–H and O–H groups in total. The highest BCUT2D eigenvalue weighted by atomic mass is 19.3. The highest BCUT2D eigenvalue weighted by molar-refractivity contribution is 4.95. The fourth-order valence-electron chi connectivity index (χ4n) is 1.26. The molecular formula is C7H8F5N. The van der Waals surface area contributed by atoms with E-state index in [1.165, 1.54) is 0 Å². The maximum atomic E-state index is 12.6. The van der Waals surface area contributed by atoms with Crippen molar-refractivity contribution in [3.8, 4) is 0 Å². The van der Waals surface area contributed by atoms with Gasteiger partial charge in [0.2, 0.25) is 0 Å². The Balaban J connectivity index is 2.65. The van der Waals surface area contributed by atoms with Crippen molar-refractivity contribution in [1.82, 2.24) is 4.90 Å². The van der Waals surface area contributed by atoms with Gasteiger partial charge in [0.15, 0.2) is 0 Å². The van der Waals surface area contributed by atoms with Crippen LogP contribution in [0.1, 0.15) is 6.42 Å². The largest absolute Gasteiger partial charge is 0.338 e. The van der Waals surface area contributed by atoms with E-state index in [9.17, 15) is 22.0 Å². The van der Waals surface area contributed by atoms with Crippen LogP contribution in [0.5, 0.6) is 0 Å². The maximum Gasteiger partial charge on any atom is 0.322 e. The van der Waals surface area contributed by atoms with Crippen LogP contribution in [0, 0.1) is 0 Å². The van der Waals surface area contributed by atoms with E-state index in [0.717, 1.165) is 0 Å². The number of rotatable bonds is 1. The zero-order valence-corrected chi connectivity index (χ0v) is 6.61. The molecule has 1 saturated heterocycles. The van der Waals surface area contributed by atoms with E-state index >= 15 is 0 Å². The van der Waals surface area contributed by atoms with E-state index in [0.29, 0.717) is 4.90 Å². The number of alkyl halides is 2. The smallest absolute Gasteiger partial charge is 0.322 e. The second-order valence-corrected chi connectivity index (χ2v) is 2.89. The quantitative estimate of drug-likeness (QED) is 0.465. The summed E-state index contributed by atoms with van der Waals surface area (Å²) < 4.78 is 61.0. The number of halogens is 5. The van der Waals surface area contributed by atoms with Gasteiger partial charge in [0.1, 0.15) is 12.3 Å². The Labute approximate surface area is 71.8 Å². The predicted octanol–water partition coefficient (Wildman–Crippen LogP) is 2.40. The van der Waals surface area contributed by atoms with Gasteiger partial charge in [-0.3, -0.25) is 0 Å². The zero-order chi connectivity index (χ0) is 10.0. The molecule has 0 aromatic heterocycles. The molecule has 13 heavy (non-hydrogen) atoms. The summed E-state index contributed by atoms with van der Waals surface area (Å²) in [6.45, 7) is -1.02. The molecule has 1 nitrogen and oxygen atoms in total. The zero-order valence-electron chi connectivity index (χ0n) is 6.61. The number of likely N-dealkylation sites (tertiary alicyclic amines) is 1. The van der Waals surface area contributed by atoms with Crippen molar-refractivity contribution in [2.24, 2.45) is 0 Å². The Morgan fingerprint density at radius 2 is 1.46 bits per heavy atom. The number of hydrogen-bond acceptors (Lipinski definition) is 1. The van der Waals surface area contributed by atoms with Crippen molar-refractivity contribution in [1.29, 1.82) is 0 Å². The van der Waals surface area contributed by atoms with E-state index in [1.807, 2.05) is 0 Å². The molecule has 1 heterocycles. The van der Waals surface area contributed by atoms with Crippen LogP contribution in [0.2, 0.25) is 0 Å². The van der Waals surface area contributed by atoms with E-state index in [1.54, 1.807) is 0 Å². The summed E-state index contributed by atoms with van der Waals surface area (Å²) in [5.74, 6) is -1.83. The molecule has 1 fully saturated rings. The third kappa shape index (κ3) is 2.57. The van der Waals surface area contributed by atoms with Crippen LogP contribution < -0.4 is 0 Å². The van der Waals surface area contributed by atoms with Gasteiger partial charge in [-0.05, 0) is 0 Å². The van der Waals surface area contributed by atoms with Crippen molar-refractivity contribution in [2.75, 3.05) is 13.1 Å². The molecule has 0 spiro atoms. The molecule has 6 heteroatoms. The monoisotopic (exact) mass is 201 g/mol. The molecule has 2 atom stereocenters. The van der Waals surface area contributed by atoms with E-state index in [4.69, 9.17) is 0 Å². The fourth-order valence-corrected chi connectivity index (χ4v) is 1.26. The van der Waals surface area contributed by atoms with Gasteiger partial charge in [-0.25, -0.2) is 8.78 Å². The first-order valence-electron chi connectivity index (χ1n) is 3.74. The van der Waals surface area contributed by atoms with Gasteiger partial charge in [-0.1, -0.05) is 0 Å². The van der Waals surface area contributed by atoms with Crippen molar-refractivity contribution in [3.63, 3.8) is 0 Å². The summed E-state index contributed by atoms with van der Waals surface area (Å²) in [6, 6.07) is 0. The summed E-state index contributed by atoms with van der Waals surface area (Å²) in [6.07, 6.45) is -6.07. The molecule has 0 radical (unpaired) electrons. The molecule has 1 rings (SSSR count). The van der Waals surface area contributed by atoms with Gasteiger partial charge >= 0.3 is 6.08 Å². The molecule has 76 valence electrons. The average Bonchev–Trinajstić information content (AvgIpc) is 2.01. The fraction of sp³-hybridized carbons (Fsp3) is 0.714. The summed E-state index contributed by atoms with van der Waals surface area (Å²) in [5, 5.41) is 0. The molecule has 1 aliphatic rings. The summed E-state index contributed by atoms with van der Waals surface area (Å²) in [4.78, 5) is 0.383. The number of nitrogens with zero attached hydrogens (tertiary/aromatic N) is 1. The standard InChI is InChI=1S/C7H8F5N/c8-4-1-5(9)3-13(2-4)7(12)6(10)11/h4-5H,1-3H2. The van der Waals surface area contributed by atoms with Crippen molar-refractivity contribution < 1.29 is 22.0 Å². The van der Waals surface area contributed by atoms with Crippen LogP contribution in [0.15, 0.2) is 12.0 Å². The number of piperidine rings is 1. The van der Waals surface area contributed by atoms with Crippen LogP contribution in [0.25, 0.3) is 0 Å². The summed E-state index contributed by atoms with van der Waals surface area (Å²) in [5.41, 5.74) is 0. The minimum absolute atomic E-state index is 0.350. The van der Waals surface area contributed by atoms with E-state index in [2.05, 4.69) is 0 Å². The normalized spacial score (nSPS) is 28.8. The lowest BCUT2D eigenvalue weighted by atomic mass is 10.1. The van der Waals surface area contributed by atoms with Crippen LogP contribution in [0.4, 0.5) is 22.0 Å². The molecule has 0 aromatic rings. The van der Waals surface area contributed by atoms with Gasteiger partial charge in [0, 0.05) is 6.42 Å². The van der Waals surface area contributed by atoms with E-state index in [-0.39, 0.29) is 6.42 Å². The first-order valence-corrected chi connectivity index (χ1v) is 3.74. The Hall–Kier alpha value is -0.810.